The van der Waals surface area contributed by atoms with E-state index < -0.39 is 0 Å². The van der Waals surface area contributed by atoms with Crippen molar-refractivity contribution in [2.75, 3.05) is 20.7 Å². The summed E-state index contributed by atoms with van der Waals surface area (Å²) < 4.78 is 4.82. The van der Waals surface area contributed by atoms with Gasteiger partial charge in [0.1, 0.15) is 12.6 Å². The predicted octanol–water partition coefficient (Wildman–Crippen LogP) is 0.666. The van der Waals surface area contributed by atoms with Gasteiger partial charge in [-0.2, -0.15) is 0 Å². The van der Waals surface area contributed by atoms with Crippen molar-refractivity contribution in [1.29, 1.82) is 0 Å². The van der Waals surface area contributed by atoms with E-state index >= 15 is 0 Å². The molecule has 0 bridgehead atoms. The molecule has 1 atom stereocenters. The zero-order valence-corrected chi connectivity index (χ0v) is 7.33. The second-order valence-electron chi connectivity index (χ2n) is 2.56. The third kappa shape index (κ3) is 3.78. The summed E-state index contributed by atoms with van der Waals surface area (Å²) in [5, 5.41) is 0. The summed E-state index contributed by atoms with van der Waals surface area (Å²) in [7, 11) is 3.67. The molecule has 64 valence electrons. The Morgan fingerprint density at radius 3 is 2.64 bits per heavy atom. The van der Waals surface area contributed by atoms with Crippen LogP contribution in [0.1, 0.15) is 6.92 Å². The Bertz CT molecular complexity index is 143. The van der Waals surface area contributed by atoms with Crippen LogP contribution in [-0.2, 0) is 9.53 Å². The first-order valence-electron chi connectivity index (χ1n) is 3.53. The third-order valence-electron chi connectivity index (χ3n) is 1.46. The third-order valence-corrected chi connectivity index (χ3v) is 1.46. The molecule has 0 unspecified atom stereocenters. The zero-order chi connectivity index (χ0) is 8.85. The lowest BCUT2D eigenvalue weighted by atomic mass is 10.3. The maximum Gasteiger partial charge on any atom is 0.323 e. The molecule has 0 aliphatic rings. The van der Waals surface area contributed by atoms with Gasteiger partial charge in [-0.05, 0) is 21.0 Å². The van der Waals surface area contributed by atoms with Crippen molar-refractivity contribution in [3.05, 3.63) is 12.7 Å². The van der Waals surface area contributed by atoms with E-state index in [9.17, 15) is 4.79 Å². The topological polar surface area (TPSA) is 29.5 Å². The molecule has 0 aromatic carbocycles. The average molecular weight is 157 g/mol. The number of nitrogens with zero attached hydrogens (tertiary/aromatic N) is 1. The van der Waals surface area contributed by atoms with Crippen molar-refractivity contribution in [2.24, 2.45) is 0 Å². The molecule has 0 heterocycles. The summed E-state index contributed by atoms with van der Waals surface area (Å²) in [4.78, 5) is 12.8. The molecule has 0 aromatic heterocycles. The van der Waals surface area contributed by atoms with Gasteiger partial charge in [0.05, 0.1) is 0 Å². The van der Waals surface area contributed by atoms with Crippen LogP contribution in [0.15, 0.2) is 12.7 Å². The smallest absolute Gasteiger partial charge is 0.323 e. The molecule has 3 heteroatoms. The van der Waals surface area contributed by atoms with Gasteiger partial charge in [0, 0.05) is 0 Å². The van der Waals surface area contributed by atoms with Crippen molar-refractivity contribution in [3.63, 3.8) is 0 Å². The highest BCUT2D eigenvalue weighted by atomic mass is 16.5. The lowest BCUT2D eigenvalue weighted by Crippen LogP contribution is -2.34. The first-order valence-corrected chi connectivity index (χ1v) is 3.53. The summed E-state index contributed by atoms with van der Waals surface area (Å²) in [6.07, 6.45) is 1.56. The van der Waals surface area contributed by atoms with E-state index in [0.717, 1.165) is 0 Å². The molecular weight excluding hydrogens is 142 g/mol. The minimum Gasteiger partial charge on any atom is -0.460 e. The van der Waals surface area contributed by atoms with Crippen molar-refractivity contribution in [3.8, 4) is 0 Å². The van der Waals surface area contributed by atoms with Crippen molar-refractivity contribution >= 4 is 5.97 Å². The molecular formula is C8H15NO2. The Morgan fingerprint density at radius 2 is 2.27 bits per heavy atom. The summed E-state index contributed by atoms with van der Waals surface area (Å²) in [6.45, 7) is 5.53. The molecule has 0 rings (SSSR count). The molecule has 0 aliphatic carbocycles. The van der Waals surface area contributed by atoms with Gasteiger partial charge in [0.15, 0.2) is 0 Å². The monoisotopic (exact) mass is 157 g/mol. The van der Waals surface area contributed by atoms with Crippen LogP contribution in [0.2, 0.25) is 0 Å². The molecule has 11 heavy (non-hydrogen) atoms. The van der Waals surface area contributed by atoms with Crippen LogP contribution in [0.3, 0.4) is 0 Å². The Balaban J connectivity index is 3.73. The van der Waals surface area contributed by atoms with Crippen LogP contribution in [0, 0.1) is 0 Å². The highest BCUT2D eigenvalue weighted by molar-refractivity contribution is 5.75. The van der Waals surface area contributed by atoms with Crippen LogP contribution in [0.5, 0.6) is 0 Å². The SMILES string of the molecule is C=CCOC(=O)[C@H](C)N(C)C. The number of carbonyl (C=O) groups excluding carboxylic acids is 1. The lowest BCUT2D eigenvalue weighted by molar-refractivity contribution is -0.147. The van der Waals surface area contributed by atoms with E-state index in [1.807, 2.05) is 14.1 Å². The lowest BCUT2D eigenvalue weighted by Gasteiger charge is -2.17. The Labute approximate surface area is 67.6 Å². The molecule has 0 radical (unpaired) electrons. The van der Waals surface area contributed by atoms with Crippen LogP contribution in [0.25, 0.3) is 0 Å². The van der Waals surface area contributed by atoms with Crippen LogP contribution >= 0.6 is 0 Å². The van der Waals surface area contributed by atoms with E-state index in [2.05, 4.69) is 6.58 Å². The fraction of sp³-hybridized carbons (Fsp3) is 0.625. The quantitative estimate of drug-likeness (QED) is 0.443. The number of rotatable bonds is 4. The summed E-state index contributed by atoms with van der Waals surface area (Å²) in [6, 6.07) is -0.185. The summed E-state index contributed by atoms with van der Waals surface area (Å²) in [5.41, 5.74) is 0. The van der Waals surface area contributed by atoms with Gasteiger partial charge in [0.2, 0.25) is 0 Å². The fourth-order valence-electron chi connectivity index (χ4n) is 0.472. The normalized spacial score (nSPS) is 12.7. The molecule has 0 fully saturated rings. The summed E-state index contributed by atoms with van der Waals surface area (Å²) >= 11 is 0. The van der Waals surface area contributed by atoms with Crippen LogP contribution in [-0.4, -0.2) is 37.6 Å². The molecule has 0 spiro atoms. The molecule has 0 saturated heterocycles. The Hall–Kier alpha value is -0.830. The van der Waals surface area contributed by atoms with Gasteiger partial charge >= 0.3 is 5.97 Å². The number of hydrogen-bond donors (Lipinski definition) is 0. The van der Waals surface area contributed by atoms with E-state index in [1.54, 1.807) is 17.9 Å². The van der Waals surface area contributed by atoms with E-state index in [1.165, 1.54) is 0 Å². The highest BCUT2D eigenvalue weighted by Gasteiger charge is 2.15. The largest absolute Gasteiger partial charge is 0.460 e. The van der Waals surface area contributed by atoms with Gasteiger partial charge in [-0.1, -0.05) is 12.7 Å². The van der Waals surface area contributed by atoms with Crippen molar-refractivity contribution in [1.82, 2.24) is 4.90 Å². The standard InChI is InChI=1S/C8H15NO2/c1-5-6-11-8(10)7(2)9(3)4/h5,7H,1,6H2,2-4H3/t7-/m0/s1. The second kappa shape index (κ2) is 4.91. The Morgan fingerprint density at radius 1 is 1.73 bits per heavy atom. The fourth-order valence-corrected chi connectivity index (χ4v) is 0.472. The molecule has 0 aliphatic heterocycles. The van der Waals surface area contributed by atoms with Gasteiger partial charge in [-0.15, -0.1) is 0 Å². The first-order chi connectivity index (χ1) is 5.09. The molecule has 0 amide bonds. The predicted molar refractivity (Wildman–Crippen MR) is 44.3 cm³/mol. The minimum atomic E-state index is -0.213. The van der Waals surface area contributed by atoms with Gasteiger partial charge in [-0.25, -0.2) is 0 Å². The van der Waals surface area contributed by atoms with Crippen LogP contribution in [0.4, 0.5) is 0 Å². The van der Waals surface area contributed by atoms with Gasteiger partial charge in [0.25, 0.3) is 0 Å². The highest BCUT2D eigenvalue weighted by Crippen LogP contribution is 1.94. The van der Waals surface area contributed by atoms with Crippen molar-refractivity contribution < 1.29 is 9.53 Å². The molecule has 0 aromatic rings. The second-order valence-corrected chi connectivity index (χ2v) is 2.56. The first kappa shape index (κ1) is 10.2. The Kier molecular flexibility index (Phi) is 4.54. The molecule has 0 N–H and O–H groups in total. The van der Waals surface area contributed by atoms with Crippen LogP contribution < -0.4 is 0 Å². The maximum absolute atomic E-state index is 11.0. The number of carbonyl (C=O) groups is 1. The van der Waals surface area contributed by atoms with Gasteiger partial charge < -0.3 is 4.74 Å². The van der Waals surface area contributed by atoms with Crippen molar-refractivity contribution in [2.45, 2.75) is 13.0 Å². The number of esters is 1. The zero-order valence-electron chi connectivity index (χ0n) is 7.33. The average Bonchev–Trinajstić information content (AvgIpc) is 1.98. The molecule has 0 saturated carbocycles. The number of ether oxygens (including phenoxy) is 1. The number of likely N-dealkylation sites (N-methyl/N-ethyl adjacent to an activating group) is 1. The van der Waals surface area contributed by atoms with E-state index in [4.69, 9.17) is 4.74 Å². The minimum absolute atomic E-state index is 0.185. The number of hydrogen-bond acceptors (Lipinski definition) is 3. The van der Waals surface area contributed by atoms with Gasteiger partial charge in [-0.3, -0.25) is 9.69 Å². The maximum atomic E-state index is 11.0. The molecule has 3 nitrogen and oxygen atoms in total. The van der Waals surface area contributed by atoms with E-state index in [-0.39, 0.29) is 18.6 Å². The van der Waals surface area contributed by atoms with E-state index in [0.29, 0.717) is 0 Å². The summed E-state index contributed by atoms with van der Waals surface area (Å²) in [5.74, 6) is -0.213.